The average Bonchev–Trinajstić information content (AvgIpc) is 2.49. The molecule has 0 aliphatic heterocycles. The Balaban J connectivity index is 2.66. The number of carbonyl (C=O) groups excluding carboxylic acids is 2. The molecule has 0 heterocycles. The van der Waals surface area contributed by atoms with Crippen LogP contribution in [-0.4, -0.2) is 50.2 Å². The van der Waals surface area contributed by atoms with Gasteiger partial charge in [0.15, 0.2) is 0 Å². The molecular weight excluding hydrogens is 280 g/mol. The van der Waals surface area contributed by atoms with E-state index in [4.69, 9.17) is 14.6 Å². The molecule has 1 aromatic carbocycles. The van der Waals surface area contributed by atoms with Crippen LogP contribution < -0.4 is 20.1 Å². The Morgan fingerprint density at radius 2 is 1.81 bits per heavy atom. The normalized spacial score (nSPS) is 9.62. The zero-order valence-electron chi connectivity index (χ0n) is 11.6. The van der Waals surface area contributed by atoms with Crippen molar-refractivity contribution in [2.75, 3.05) is 27.3 Å². The summed E-state index contributed by atoms with van der Waals surface area (Å²) < 4.78 is 10.1. The number of carbonyl (C=O) groups is 3. The van der Waals surface area contributed by atoms with E-state index in [0.29, 0.717) is 11.5 Å². The van der Waals surface area contributed by atoms with E-state index in [2.05, 4.69) is 10.6 Å². The van der Waals surface area contributed by atoms with Crippen LogP contribution >= 0.6 is 0 Å². The molecule has 0 aliphatic carbocycles. The van der Waals surface area contributed by atoms with Gasteiger partial charge in [-0.05, 0) is 18.2 Å². The van der Waals surface area contributed by atoms with E-state index in [9.17, 15) is 14.4 Å². The minimum Gasteiger partial charge on any atom is -0.497 e. The van der Waals surface area contributed by atoms with E-state index in [1.807, 2.05) is 0 Å². The zero-order chi connectivity index (χ0) is 15.8. The molecule has 21 heavy (non-hydrogen) atoms. The highest BCUT2D eigenvalue weighted by Gasteiger charge is 2.14. The van der Waals surface area contributed by atoms with Crippen molar-refractivity contribution in [3.63, 3.8) is 0 Å². The van der Waals surface area contributed by atoms with Gasteiger partial charge in [0.25, 0.3) is 5.91 Å². The van der Waals surface area contributed by atoms with Crippen molar-refractivity contribution < 1.29 is 29.0 Å². The summed E-state index contributed by atoms with van der Waals surface area (Å²) in [7, 11) is 2.88. The highest BCUT2D eigenvalue weighted by molar-refractivity contribution is 5.99. The van der Waals surface area contributed by atoms with Gasteiger partial charge in [-0.3, -0.25) is 14.4 Å². The molecule has 0 spiro atoms. The number of amides is 2. The lowest BCUT2D eigenvalue weighted by Gasteiger charge is -2.10. The third kappa shape index (κ3) is 5.01. The summed E-state index contributed by atoms with van der Waals surface area (Å²) in [5, 5.41) is 12.9. The highest BCUT2D eigenvalue weighted by atomic mass is 16.5. The zero-order valence-corrected chi connectivity index (χ0v) is 11.6. The molecular formula is C13H16N2O6. The monoisotopic (exact) mass is 296 g/mol. The quantitative estimate of drug-likeness (QED) is 0.633. The largest absolute Gasteiger partial charge is 0.497 e. The number of rotatable bonds is 7. The van der Waals surface area contributed by atoms with Gasteiger partial charge in [-0.15, -0.1) is 0 Å². The van der Waals surface area contributed by atoms with Gasteiger partial charge in [0.05, 0.1) is 26.3 Å². The number of aliphatic carboxylic acids is 1. The van der Waals surface area contributed by atoms with Crippen molar-refractivity contribution in [2.24, 2.45) is 0 Å². The van der Waals surface area contributed by atoms with Crippen molar-refractivity contribution in [3.05, 3.63) is 23.8 Å². The molecule has 2 amide bonds. The molecule has 0 atom stereocenters. The molecule has 0 aliphatic rings. The second-order valence-electron chi connectivity index (χ2n) is 3.92. The molecule has 8 heteroatoms. The molecule has 3 N–H and O–H groups in total. The Hall–Kier alpha value is -2.77. The van der Waals surface area contributed by atoms with Crippen LogP contribution in [0.15, 0.2) is 18.2 Å². The number of hydrogen-bond donors (Lipinski definition) is 3. The predicted molar refractivity (Wildman–Crippen MR) is 72.5 cm³/mol. The third-order valence-electron chi connectivity index (χ3n) is 2.50. The van der Waals surface area contributed by atoms with Gasteiger partial charge in [-0.1, -0.05) is 0 Å². The summed E-state index contributed by atoms with van der Waals surface area (Å²) >= 11 is 0. The van der Waals surface area contributed by atoms with Gasteiger partial charge in [0.2, 0.25) is 5.91 Å². The highest BCUT2D eigenvalue weighted by Crippen LogP contribution is 2.23. The molecule has 8 nitrogen and oxygen atoms in total. The maximum Gasteiger partial charge on any atom is 0.322 e. The van der Waals surface area contributed by atoms with Gasteiger partial charge in [-0.2, -0.15) is 0 Å². The molecule has 1 rings (SSSR count). The fourth-order valence-electron chi connectivity index (χ4n) is 1.48. The van der Waals surface area contributed by atoms with Gasteiger partial charge in [0.1, 0.15) is 18.0 Å². The van der Waals surface area contributed by atoms with Gasteiger partial charge in [-0.25, -0.2) is 0 Å². The van der Waals surface area contributed by atoms with Crippen molar-refractivity contribution in [2.45, 2.75) is 0 Å². The lowest BCUT2D eigenvalue weighted by atomic mass is 10.1. The van der Waals surface area contributed by atoms with Crippen LogP contribution in [0.4, 0.5) is 0 Å². The standard InChI is InChI=1S/C13H16N2O6/c1-20-8-3-4-10(21-2)9(5-8)13(19)15-6-11(16)14-7-12(17)18/h3-5H,6-7H2,1-2H3,(H,14,16)(H,15,19)(H,17,18). The van der Waals surface area contributed by atoms with E-state index in [0.717, 1.165) is 0 Å². The fraction of sp³-hybridized carbons (Fsp3) is 0.308. The molecule has 0 bridgehead atoms. The molecule has 0 radical (unpaired) electrons. The van der Waals surface area contributed by atoms with Crippen LogP contribution in [0, 0.1) is 0 Å². The van der Waals surface area contributed by atoms with Crippen molar-refractivity contribution in [3.8, 4) is 11.5 Å². The molecule has 0 aromatic heterocycles. The third-order valence-corrected chi connectivity index (χ3v) is 2.50. The first kappa shape index (κ1) is 16.3. The number of carboxylic acids is 1. The summed E-state index contributed by atoms with van der Waals surface area (Å²) in [5.41, 5.74) is 0.211. The molecule has 0 saturated heterocycles. The van der Waals surface area contributed by atoms with E-state index >= 15 is 0 Å². The van der Waals surface area contributed by atoms with Crippen LogP contribution in [-0.2, 0) is 9.59 Å². The summed E-state index contributed by atoms with van der Waals surface area (Å²) in [6.45, 7) is -0.844. The number of ether oxygens (including phenoxy) is 2. The van der Waals surface area contributed by atoms with Crippen molar-refractivity contribution in [1.82, 2.24) is 10.6 Å². The van der Waals surface area contributed by atoms with Crippen LogP contribution in [0.1, 0.15) is 10.4 Å². The van der Waals surface area contributed by atoms with Crippen LogP contribution in [0.2, 0.25) is 0 Å². The smallest absolute Gasteiger partial charge is 0.322 e. The molecule has 0 fully saturated rings. The predicted octanol–water partition coefficient (Wildman–Crippen LogP) is -0.366. The van der Waals surface area contributed by atoms with Crippen LogP contribution in [0.25, 0.3) is 0 Å². The van der Waals surface area contributed by atoms with Gasteiger partial charge in [0, 0.05) is 0 Å². The Morgan fingerprint density at radius 3 is 2.38 bits per heavy atom. The Bertz CT molecular complexity index is 543. The molecule has 0 unspecified atom stereocenters. The average molecular weight is 296 g/mol. The van der Waals surface area contributed by atoms with Crippen molar-refractivity contribution in [1.29, 1.82) is 0 Å². The van der Waals surface area contributed by atoms with E-state index < -0.39 is 24.3 Å². The van der Waals surface area contributed by atoms with Gasteiger partial charge < -0.3 is 25.2 Å². The van der Waals surface area contributed by atoms with Crippen LogP contribution in [0.3, 0.4) is 0 Å². The van der Waals surface area contributed by atoms with E-state index in [1.165, 1.54) is 20.3 Å². The Morgan fingerprint density at radius 1 is 1.10 bits per heavy atom. The minimum absolute atomic E-state index is 0.211. The minimum atomic E-state index is -1.16. The lowest BCUT2D eigenvalue weighted by Crippen LogP contribution is -2.39. The van der Waals surface area contributed by atoms with E-state index in [-0.39, 0.29) is 12.1 Å². The maximum absolute atomic E-state index is 12.0. The summed E-state index contributed by atoms with van der Waals surface area (Å²) in [4.78, 5) is 33.6. The summed E-state index contributed by atoms with van der Waals surface area (Å²) in [6, 6.07) is 4.68. The topological polar surface area (TPSA) is 114 Å². The molecule has 114 valence electrons. The lowest BCUT2D eigenvalue weighted by molar-refractivity contribution is -0.137. The van der Waals surface area contributed by atoms with Crippen molar-refractivity contribution >= 4 is 17.8 Å². The SMILES string of the molecule is COc1ccc(OC)c(C(=O)NCC(=O)NCC(=O)O)c1. The fourth-order valence-corrected chi connectivity index (χ4v) is 1.48. The van der Waals surface area contributed by atoms with Crippen LogP contribution in [0.5, 0.6) is 11.5 Å². The maximum atomic E-state index is 12.0. The summed E-state index contributed by atoms with van der Waals surface area (Å²) in [6.07, 6.45) is 0. The second kappa shape index (κ2) is 7.73. The second-order valence-corrected chi connectivity index (χ2v) is 3.92. The summed E-state index contributed by atoms with van der Waals surface area (Å²) in [5.74, 6) is -1.50. The Labute approximate surface area is 121 Å². The molecule has 0 saturated carbocycles. The number of methoxy groups -OCH3 is 2. The Kier molecular flexibility index (Phi) is 5.99. The van der Waals surface area contributed by atoms with Gasteiger partial charge >= 0.3 is 5.97 Å². The molecule has 1 aromatic rings. The van der Waals surface area contributed by atoms with E-state index in [1.54, 1.807) is 12.1 Å². The first-order chi connectivity index (χ1) is 9.97. The first-order valence-electron chi connectivity index (χ1n) is 5.96. The number of benzene rings is 1. The number of hydrogen-bond acceptors (Lipinski definition) is 5. The number of nitrogens with one attached hydrogen (secondary N) is 2. The number of carboxylic acid groups (broad SMARTS) is 1. The first-order valence-corrected chi connectivity index (χ1v) is 5.96.